The number of hydrogen-bond acceptors (Lipinski definition) is 5. The molecule has 2 N–H and O–H groups in total. The Kier molecular flexibility index (Phi) is 5.36. The monoisotopic (exact) mass is 411 g/mol. The van der Waals surface area contributed by atoms with Gasteiger partial charge >= 0.3 is 0 Å². The first-order valence-electron chi connectivity index (χ1n) is 9.97. The second kappa shape index (κ2) is 7.94. The molecule has 0 atom stereocenters. The van der Waals surface area contributed by atoms with Crippen molar-refractivity contribution in [1.82, 2.24) is 25.6 Å². The van der Waals surface area contributed by atoms with Gasteiger partial charge < -0.3 is 0 Å². The highest BCUT2D eigenvalue weighted by atomic mass is 32.1. The molecule has 0 fully saturated rings. The molecule has 0 bridgehead atoms. The van der Waals surface area contributed by atoms with E-state index in [2.05, 4.69) is 20.9 Å². The second-order valence-corrected chi connectivity index (χ2v) is 8.74. The summed E-state index contributed by atoms with van der Waals surface area (Å²) < 4.78 is 1.66. The second-order valence-electron chi connectivity index (χ2n) is 7.60. The van der Waals surface area contributed by atoms with E-state index in [1.165, 1.54) is 47.5 Å². The van der Waals surface area contributed by atoms with Crippen molar-refractivity contribution in [3.05, 3.63) is 44.4 Å². The zero-order valence-electron chi connectivity index (χ0n) is 17.0. The Morgan fingerprint density at radius 3 is 2.55 bits per heavy atom. The third-order valence-electron chi connectivity index (χ3n) is 5.35. The van der Waals surface area contributed by atoms with Crippen LogP contribution >= 0.6 is 11.3 Å². The Morgan fingerprint density at radius 1 is 1.03 bits per heavy atom. The van der Waals surface area contributed by atoms with Gasteiger partial charge in [0, 0.05) is 17.6 Å². The van der Waals surface area contributed by atoms with E-state index in [4.69, 9.17) is 0 Å². The van der Waals surface area contributed by atoms with E-state index in [0.717, 1.165) is 24.2 Å². The lowest BCUT2D eigenvalue weighted by atomic mass is 10.00. The van der Waals surface area contributed by atoms with Crippen molar-refractivity contribution in [3.8, 4) is 0 Å². The van der Waals surface area contributed by atoms with Crippen LogP contribution in [-0.4, -0.2) is 26.6 Å². The van der Waals surface area contributed by atoms with Crippen molar-refractivity contribution < 1.29 is 9.59 Å². The Bertz CT molecular complexity index is 1070. The van der Waals surface area contributed by atoms with Crippen LogP contribution in [-0.2, 0) is 19.9 Å². The highest BCUT2D eigenvalue weighted by Crippen LogP contribution is 2.28. The third kappa shape index (κ3) is 3.89. The quantitative estimate of drug-likeness (QED) is 0.633. The number of hydrazine groups is 1. The topological polar surface area (TPSA) is 88.9 Å². The molecular formula is C21H25N5O2S. The number of aryl methyl sites for hydroxylation is 5. The minimum Gasteiger partial charge on any atom is -0.267 e. The van der Waals surface area contributed by atoms with Gasteiger partial charge in [0.05, 0.1) is 21.5 Å². The number of carbonyl (C=O) groups excluding carboxylic acids is 2. The molecule has 0 saturated heterocycles. The normalized spacial score (nSPS) is 14.2. The molecule has 0 aliphatic heterocycles. The molecule has 3 aromatic heterocycles. The molecule has 8 heteroatoms. The van der Waals surface area contributed by atoms with E-state index in [9.17, 15) is 9.59 Å². The summed E-state index contributed by atoms with van der Waals surface area (Å²) in [7, 11) is 1.80. The smallest absolute Gasteiger partial charge is 0.267 e. The Hall–Kier alpha value is -2.74. The van der Waals surface area contributed by atoms with E-state index in [0.29, 0.717) is 21.5 Å². The van der Waals surface area contributed by atoms with Crippen molar-refractivity contribution in [2.24, 2.45) is 7.05 Å². The summed E-state index contributed by atoms with van der Waals surface area (Å²) in [6.07, 6.45) is 6.91. The summed E-state index contributed by atoms with van der Waals surface area (Å²) in [6.45, 7) is 3.68. The fraction of sp³-hybridized carbons (Fsp3) is 0.429. The molecule has 3 heterocycles. The number of carbonyl (C=O) groups is 2. The average Bonchev–Trinajstić information content (AvgIpc) is 3.19. The number of thiophene rings is 1. The van der Waals surface area contributed by atoms with Crippen LogP contribution in [0.15, 0.2) is 12.1 Å². The number of fused-ring (bicyclic) bond motifs is 2. The summed E-state index contributed by atoms with van der Waals surface area (Å²) in [5.41, 5.74) is 8.96. The van der Waals surface area contributed by atoms with Crippen LogP contribution in [0.5, 0.6) is 0 Å². The average molecular weight is 412 g/mol. The van der Waals surface area contributed by atoms with E-state index < -0.39 is 0 Å². The maximum atomic E-state index is 12.8. The first-order valence-corrected chi connectivity index (χ1v) is 10.8. The van der Waals surface area contributed by atoms with Gasteiger partial charge in [-0.05, 0) is 57.2 Å². The maximum Gasteiger partial charge on any atom is 0.279 e. The number of hydrogen-bond donors (Lipinski definition) is 2. The summed E-state index contributed by atoms with van der Waals surface area (Å²) >= 11 is 1.54. The first-order chi connectivity index (χ1) is 13.9. The van der Waals surface area contributed by atoms with E-state index in [-0.39, 0.29) is 11.8 Å². The summed E-state index contributed by atoms with van der Waals surface area (Å²) in [5.74, 6) is -0.653. The largest absolute Gasteiger partial charge is 0.279 e. The fourth-order valence-electron chi connectivity index (χ4n) is 3.95. The van der Waals surface area contributed by atoms with Gasteiger partial charge in [-0.3, -0.25) is 25.1 Å². The predicted molar refractivity (Wildman–Crippen MR) is 113 cm³/mol. The number of rotatable bonds is 2. The third-order valence-corrected chi connectivity index (χ3v) is 6.59. The standard InChI is InChI=1S/C21H25N5O2S/c1-12-10-15(18-13(2)25-26(3)19(18)22-12)20(27)23-24-21(28)17-11-14-8-6-4-5-7-9-16(14)29-17/h10-11H,4-9H2,1-3H3,(H,23,27)(H,24,28). The molecule has 4 rings (SSSR count). The Morgan fingerprint density at radius 2 is 1.76 bits per heavy atom. The molecule has 152 valence electrons. The molecule has 2 amide bonds. The van der Waals surface area contributed by atoms with Crippen LogP contribution in [0.1, 0.15) is 67.5 Å². The van der Waals surface area contributed by atoms with Crippen molar-refractivity contribution in [3.63, 3.8) is 0 Å². The van der Waals surface area contributed by atoms with Crippen molar-refractivity contribution in [2.45, 2.75) is 52.4 Å². The van der Waals surface area contributed by atoms with Crippen LogP contribution in [0.3, 0.4) is 0 Å². The van der Waals surface area contributed by atoms with Gasteiger partial charge in [-0.15, -0.1) is 11.3 Å². The molecule has 7 nitrogen and oxygen atoms in total. The molecule has 29 heavy (non-hydrogen) atoms. The Labute approximate surface area is 173 Å². The maximum absolute atomic E-state index is 12.8. The van der Waals surface area contributed by atoms with Gasteiger partial charge in [-0.25, -0.2) is 4.98 Å². The lowest BCUT2D eigenvalue weighted by Crippen LogP contribution is -2.41. The molecule has 0 aromatic carbocycles. The number of amides is 2. The fourth-order valence-corrected chi connectivity index (χ4v) is 5.10. The molecule has 1 aliphatic rings. The molecule has 0 spiro atoms. The molecule has 0 radical (unpaired) electrons. The summed E-state index contributed by atoms with van der Waals surface area (Å²) in [6, 6.07) is 3.70. The van der Waals surface area contributed by atoms with Crippen LogP contribution in [0.4, 0.5) is 0 Å². The van der Waals surface area contributed by atoms with Gasteiger partial charge in [0.15, 0.2) is 5.65 Å². The van der Waals surface area contributed by atoms with Gasteiger partial charge in [0.25, 0.3) is 11.8 Å². The highest BCUT2D eigenvalue weighted by Gasteiger charge is 2.20. The van der Waals surface area contributed by atoms with Crippen molar-refractivity contribution >= 4 is 34.2 Å². The predicted octanol–water partition coefficient (Wildman–Crippen LogP) is 3.38. The lowest BCUT2D eigenvalue weighted by Gasteiger charge is -2.08. The molecule has 1 aliphatic carbocycles. The molecule has 3 aromatic rings. The molecular weight excluding hydrogens is 386 g/mol. The van der Waals surface area contributed by atoms with Crippen LogP contribution < -0.4 is 10.9 Å². The van der Waals surface area contributed by atoms with Crippen LogP contribution in [0.2, 0.25) is 0 Å². The van der Waals surface area contributed by atoms with Gasteiger partial charge in [0.2, 0.25) is 0 Å². The van der Waals surface area contributed by atoms with Crippen LogP contribution in [0, 0.1) is 13.8 Å². The van der Waals surface area contributed by atoms with Gasteiger partial charge in [-0.1, -0.05) is 12.8 Å². The number of nitrogens with zero attached hydrogens (tertiary/aromatic N) is 3. The number of pyridine rings is 1. The molecule has 0 unspecified atom stereocenters. The first kappa shape index (κ1) is 19.6. The summed E-state index contributed by atoms with van der Waals surface area (Å²) in [5, 5.41) is 5.06. The van der Waals surface area contributed by atoms with E-state index in [1.807, 2.05) is 19.9 Å². The minimum atomic E-state index is -0.375. The van der Waals surface area contributed by atoms with Crippen molar-refractivity contribution in [2.75, 3.05) is 0 Å². The van der Waals surface area contributed by atoms with E-state index >= 15 is 0 Å². The Balaban J connectivity index is 1.51. The number of aromatic nitrogens is 3. The van der Waals surface area contributed by atoms with E-state index in [1.54, 1.807) is 17.8 Å². The number of nitrogens with one attached hydrogen (secondary N) is 2. The van der Waals surface area contributed by atoms with Gasteiger partial charge in [0.1, 0.15) is 0 Å². The van der Waals surface area contributed by atoms with Gasteiger partial charge in [-0.2, -0.15) is 5.10 Å². The highest BCUT2D eigenvalue weighted by molar-refractivity contribution is 7.14. The van der Waals surface area contributed by atoms with Crippen LogP contribution in [0.25, 0.3) is 11.0 Å². The SMILES string of the molecule is Cc1cc(C(=O)NNC(=O)c2cc3c(s2)CCCCCC3)c2c(C)nn(C)c2n1. The zero-order valence-corrected chi connectivity index (χ0v) is 17.8. The zero-order chi connectivity index (χ0) is 20.5. The molecule has 0 saturated carbocycles. The summed E-state index contributed by atoms with van der Waals surface area (Å²) in [4.78, 5) is 31.9. The lowest BCUT2D eigenvalue weighted by molar-refractivity contribution is 0.0849. The van der Waals surface area contributed by atoms with Crippen molar-refractivity contribution in [1.29, 1.82) is 0 Å². The minimum absolute atomic E-state index is 0.278.